The van der Waals surface area contributed by atoms with Gasteiger partial charge in [-0.25, -0.2) is 4.39 Å². The van der Waals surface area contributed by atoms with E-state index in [-0.39, 0.29) is 9.23 Å². The van der Waals surface area contributed by atoms with Crippen molar-refractivity contribution in [1.82, 2.24) is 4.90 Å². The lowest BCUT2D eigenvalue weighted by molar-refractivity contribution is -0.140. The highest BCUT2D eigenvalue weighted by Crippen LogP contribution is 2.37. The number of carbonyl (C=O) groups excluding carboxylic acids is 1. The van der Waals surface area contributed by atoms with Crippen molar-refractivity contribution in [2.45, 2.75) is 6.18 Å². The first-order valence-electron chi connectivity index (χ1n) is 5.94. The Balaban J connectivity index is 2.46. The Morgan fingerprint density at radius 2 is 2.04 bits per heavy atom. The molecule has 23 heavy (non-hydrogen) atoms. The largest absolute Gasteiger partial charge is 0.480 e. The van der Waals surface area contributed by atoms with Crippen molar-refractivity contribution < 1.29 is 32.3 Å². The Morgan fingerprint density at radius 3 is 2.61 bits per heavy atom. The topological polar surface area (TPSA) is 57.6 Å². The van der Waals surface area contributed by atoms with E-state index in [1.807, 2.05) is 0 Å². The molecule has 10 heteroatoms. The van der Waals surface area contributed by atoms with Crippen molar-refractivity contribution in [1.29, 1.82) is 0 Å². The van der Waals surface area contributed by atoms with Crippen LogP contribution >= 0.6 is 24.0 Å². The van der Waals surface area contributed by atoms with Crippen LogP contribution in [0.1, 0.15) is 11.1 Å². The first-order valence-corrected chi connectivity index (χ1v) is 7.16. The SMILES string of the molecule is O=C(O)CN1C(=O)/C(=C/c2c(F)cccc2C(F)(F)F)SC1=S. The lowest BCUT2D eigenvalue weighted by atomic mass is 10.1. The van der Waals surface area contributed by atoms with Crippen molar-refractivity contribution in [3.8, 4) is 0 Å². The molecule has 1 aliphatic heterocycles. The number of nitrogens with zero attached hydrogens (tertiary/aromatic N) is 1. The number of alkyl halides is 3. The second-order valence-electron chi connectivity index (χ2n) is 4.36. The van der Waals surface area contributed by atoms with Crippen LogP contribution in [-0.4, -0.2) is 32.7 Å². The monoisotopic (exact) mass is 365 g/mol. The molecule has 1 heterocycles. The van der Waals surface area contributed by atoms with Gasteiger partial charge in [-0.05, 0) is 18.2 Å². The van der Waals surface area contributed by atoms with Gasteiger partial charge in [0.05, 0.1) is 10.5 Å². The number of carboxylic acids is 1. The van der Waals surface area contributed by atoms with E-state index in [4.69, 9.17) is 17.3 Å². The quantitative estimate of drug-likeness (QED) is 0.507. The lowest BCUT2D eigenvalue weighted by Crippen LogP contribution is -2.33. The number of carboxylic acid groups (broad SMARTS) is 1. The van der Waals surface area contributed by atoms with Crippen LogP contribution in [-0.2, 0) is 15.8 Å². The summed E-state index contributed by atoms with van der Waals surface area (Å²) >= 11 is 5.43. The van der Waals surface area contributed by atoms with Crippen LogP contribution in [0.25, 0.3) is 6.08 Å². The average Bonchev–Trinajstić information content (AvgIpc) is 2.67. The molecular weight excluding hydrogens is 358 g/mol. The van der Waals surface area contributed by atoms with Crippen molar-refractivity contribution in [3.05, 3.63) is 40.0 Å². The number of hydrogen-bond acceptors (Lipinski definition) is 4. The molecule has 1 saturated heterocycles. The van der Waals surface area contributed by atoms with Gasteiger partial charge in [-0.15, -0.1) is 0 Å². The summed E-state index contributed by atoms with van der Waals surface area (Å²) in [5, 5.41) is 8.69. The van der Waals surface area contributed by atoms with Crippen LogP contribution in [0, 0.1) is 5.82 Å². The van der Waals surface area contributed by atoms with Gasteiger partial charge in [0, 0.05) is 5.56 Å². The Morgan fingerprint density at radius 1 is 1.39 bits per heavy atom. The summed E-state index contributed by atoms with van der Waals surface area (Å²) in [7, 11) is 0. The highest BCUT2D eigenvalue weighted by Gasteiger charge is 2.37. The minimum atomic E-state index is -4.80. The highest BCUT2D eigenvalue weighted by molar-refractivity contribution is 8.26. The van der Waals surface area contributed by atoms with Crippen molar-refractivity contribution in [3.63, 3.8) is 0 Å². The van der Waals surface area contributed by atoms with Gasteiger partial charge in [0.2, 0.25) is 0 Å². The maximum atomic E-state index is 13.8. The minimum absolute atomic E-state index is 0.117. The van der Waals surface area contributed by atoms with Crippen LogP contribution < -0.4 is 0 Å². The van der Waals surface area contributed by atoms with Crippen LogP contribution in [0.15, 0.2) is 23.1 Å². The van der Waals surface area contributed by atoms with E-state index < -0.39 is 41.5 Å². The molecule has 1 fully saturated rings. The fourth-order valence-corrected chi connectivity index (χ4v) is 3.07. The fourth-order valence-electron chi connectivity index (χ4n) is 1.83. The second kappa shape index (κ2) is 6.28. The average molecular weight is 365 g/mol. The van der Waals surface area contributed by atoms with Gasteiger partial charge >= 0.3 is 12.1 Å². The maximum absolute atomic E-state index is 13.8. The molecule has 0 saturated carbocycles. The first-order chi connectivity index (χ1) is 10.6. The van der Waals surface area contributed by atoms with Gasteiger partial charge in [0.1, 0.15) is 16.7 Å². The van der Waals surface area contributed by atoms with E-state index in [2.05, 4.69) is 0 Å². The highest BCUT2D eigenvalue weighted by atomic mass is 32.2. The lowest BCUT2D eigenvalue weighted by Gasteiger charge is -2.12. The third-order valence-corrected chi connectivity index (χ3v) is 4.18. The van der Waals surface area contributed by atoms with Gasteiger partial charge in [-0.3, -0.25) is 14.5 Å². The summed E-state index contributed by atoms with van der Waals surface area (Å²) < 4.78 is 52.4. The van der Waals surface area contributed by atoms with Crippen molar-refractivity contribution in [2.24, 2.45) is 0 Å². The number of halogens is 4. The van der Waals surface area contributed by atoms with Gasteiger partial charge in [0.25, 0.3) is 5.91 Å². The van der Waals surface area contributed by atoms with Crippen molar-refractivity contribution in [2.75, 3.05) is 6.54 Å². The van der Waals surface area contributed by atoms with Crippen LogP contribution in [0.3, 0.4) is 0 Å². The van der Waals surface area contributed by atoms with Gasteiger partial charge < -0.3 is 5.11 Å². The number of thioether (sulfide) groups is 1. The zero-order valence-electron chi connectivity index (χ0n) is 11.1. The molecule has 1 aliphatic rings. The third-order valence-electron chi connectivity index (χ3n) is 2.80. The zero-order valence-corrected chi connectivity index (χ0v) is 12.7. The smallest absolute Gasteiger partial charge is 0.417 e. The normalized spacial score (nSPS) is 17.2. The maximum Gasteiger partial charge on any atom is 0.417 e. The van der Waals surface area contributed by atoms with E-state index >= 15 is 0 Å². The number of benzene rings is 1. The molecule has 0 bridgehead atoms. The number of aliphatic carboxylic acids is 1. The van der Waals surface area contributed by atoms with E-state index in [1.165, 1.54) is 0 Å². The molecule has 1 aromatic rings. The molecule has 1 N–H and O–H groups in total. The van der Waals surface area contributed by atoms with Gasteiger partial charge in [0.15, 0.2) is 0 Å². The Kier molecular flexibility index (Phi) is 4.76. The van der Waals surface area contributed by atoms with Gasteiger partial charge in [-0.1, -0.05) is 30.0 Å². The molecule has 0 radical (unpaired) electrons. The van der Waals surface area contributed by atoms with Crippen LogP contribution in [0.5, 0.6) is 0 Å². The van der Waals surface area contributed by atoms with E-state index in [9.17, 15) is 27.2 Å². The Bertz CT molecular complexity index is 730. The van der Waals surface area contributed by atoms with Crippen LogP contribution in [0.2, 0.25) is 0 Å². The molecule has 4 nitrogen and oxygen atoms in total. The predicted octanol–water partition coefficient (Wildman–Crippen LogP) is 3.13. The standard InChI is InChI=1S/C13H7F4NO3S2/c14-8-3-1-2-7(13(15,16)17)6(8)4-9-11(21)18(5-10(19)20)12(22)23-9/h1-4H,5H2,(H,19,20)/b9-4-. The molecule has 0 unspecified atom stereocenters. The molecule has 0 spiro atoms. The van der Waals surface area contributed by atoms with E-state index in [1.54, 1.807) is 0 Å². The molecule has 1 amide bonds. The van der Waals surface area contributed by atoms with Gasteiger partial charge in [-0.2, -0.15) is 13.2 Å². The number of carbonyl (C=O) groups is 2. The zero-order chi connectivity index (χ0) is 17.4. The fraction of sp³-hybridized carbons (Fsp3) is 0.154. The molecule has 1 aromatic carbocycles. The molecule has 2 rings (SSSR count). The van der Waals surface area contributed by atoms with Crippen molar-refractivity contribution >= 4 is 46.3 Å². The second-order valence-corrected chi connectivity index (χ2v) is 6.04. The molecular formula is C13H7F4NO3S2. The summed E-state index contributed by atoms with van der Waals surface area (Å²) in [5.41, 5.74) is -2.03. The first kappa shape index (κ1) is 17.4. The summed E-state index contributed by atoms with van der Waals surface area (Å²) in [6.45, 7) is -0.717. The summed E-state index contributed by atoms with van der Waals surface area (Å²) in [6, 6.07) is 2.43. The Hall–Kier alpha value is -1.94. The third kappa shape index (κ3) is 3.70. The summed E-state index contributed by atoms with van der Waals surface area (Å²) in [5.74, 6) is -3.36. The number of thiocarbonyl (C=S) groups is 1. The molecule has 122 valence electrons. The summed E-state index contributed by atoms with van der Waals surface area (Å²) in [6.07, 6.45) is -4.07. The summed E-state index contributed by atoms with van der Waals surface area (Å²) in [4.78, 5) is 23.1. The minimum Gasteiger partial charge on any atom is -0.480 e. The number of rotatable bonds is 3. The molecule has 0 aromatic heterocycles. The van der Waals surface area contributed by atoms with Crippen LogP contribution in [0.4, 0.5) is 17.6 Å². The Labute approximate surface area is 136 Å². The van der Waals surface area contributed by atoms with E-state index in [0.717, 1.165) is 23.1 Å². The molecule has 0 aliphatic carbocycles. The number of hydrogen-bond donors (Lipinski definition) is 1. The molecule has 0 atom stereocenters. The predicted molar refractivity (Wildman–Crippen MR) is 78.9 cm³/mol. The van der Waals surface area contributed by atoms with E-state index in [0.29, 0.717) is 17.8 Å². The number of amides is 1.